The van der Waals surface area contributed by atoms with E-state index in [9.17, 15) is 4.39 Å². The Kier molecular flexibility index (Phi) is 4.11. The number of rotatable bonds is 3. The van der Waals surface area contributed by atoms with Crippen LogP contribution in [0.15, 0.2) is 25.0 Å². The molecule has 128 valence electrons. The smallest absolute Gasteiger partial charge is 0.225 e. The summed E-state index contributed by atoms with van der Waals surface area (Å²) in [6.45, 7) is 3.90. The molecule has 2 saturated heterocycles. The SMILES string of the molecule is Fc1cnc(N2CCOC[C@]3(C[C@@H](Cn4cnnc4)CO3)C2)nc1. The summed E-state index contributed by atoms with van der Waals surface area (Å²) in [4.78, 5) is 10.2. The molecule has 2 fully saturated rings. The number of halogens is 1. The Hall–Kier alpha value is -2.13. The minimum Gasteiger partial charge on any atom is -0.377 e. The van der Waals surface area contributed by atoms with Gasteiger partial charge in [0.1, 0.15) is 18.3 Å². The van der Waals surface area contributed by atoms with Crippen LogP contribution in [0.5, 0.6) is 0 Å². The summed E-state index contributed by atoms with van der Waals surface area (Å²) in [6, 6.07) is 0. The molecule has 4 heterocycles. The maximum atomic E-state index is 13.1. The Bertz CT molecular complexity index is 667. The van der Waals surface area contributed by atoms with Gasteiger partial charge in [0.2, 0.25) is 5.95 Å². The summed E-state index contributed by atoms with van der Waals surface area (Å²) in [5.41, 5.74) is -0.382. The fraction of sp³-hybridized carbons (Fsp3) is 0.600. The van der Waals surface area contributed by atoms with Crippen molar-refractivity contribution in [2.75, 3.05) is 37.8 Å². The van der Waals surface area contributed by atoms with Gasteiger partial charge in [-0.1, -0.05) is 0 Å². The fourth-order valence-corrected chi connectivity index (χ4v) is 3.43. The van der Waals surface area contributed by atoms with Crippen LogP contribution in [0.4, 0.5) is 10.3 Å². The van der Waals surface area contributed by atoms with E-state index in [1.807, 2.05) is 9.47 Å². The van der Waals surface area contributed by atoms with Gasteiger partial charge in [-0.25, -0.2) is 14.4 Å². The van der Waals surface area contributed by atoms with E-state index in [0.717, 1.165) is 13.0 Å². The molecule has 0 N–H and O–H groups in total. The highest BCUT2D eigenvalue weighted by Gasteiger charge is 2.43. The van der Waals surface area contributed by atoms with E-state index in [2.05, 4.69) is 20.2 Å². The van der Waals surface area contributed by atoms with E-state index in [0.29, 0.717) is 44.8 Å². The van der Waals surface area contributed by atoms with E-state index < -0.39 is 5.82 Å². The second kappa shape index (κ2) is 6.40. The molecular formula is C15H19FN6O2. The first kappa shape index (κ1) is 15.4. The second-order valence-electron chi connectivity index (χ2n) is 6.40. The third-order valence-electron chi connectivity index (χ3n) is 4.46. The molecule has 2 atom stereocenters. The third-order valence-corrected chi connectivity index (χ3v) is 4.46. The van der Waals surface area contributed by atoms with Crippen molar-refractivity contribution in [3.63, 3.8) is 0 Å². The van der Waals surface area contributed by atoms with Gasteiger partial charge in [-0.2, -0.15) is 0 Å². The molecule has 0 amide bonds. The van der Waals surface area contributed by atoms with E-state index in [4.69, 9.17) is 9.47 Å². The Balaban J connectivity index is 1.47. The molecule has 4 rings (SSSR count). The molecule has 0 aromatic carbocycles. The lowest BCUT2D eigenvalue weighted by Crippen LogP contribution is -2.44. The summed E-state index contributed by atoms with van der Waals surface area (Å²) >= 11 is 0. The van der Waals surface area contributed by atoms with E-state index >= 15 is 0 Å². The van der Waals surface area contributed by atoms with Crippen LogP contribution >= 0.6 is 0 Å². The topological polar surface area (TPSA) is 78.2 Å². The van der Waals surface area contributed by atoms with E-state index in [1.54, 1.807) is 12.7 Å². The average Bonchev–Trinajstić information content (AvgIpc) is 3.17. The van der Waals surface area contributed by atoms with Crippen molar-refractivity contribution in [3.8, 4) is 0 Å². The Morgan fingerprint density at radius 2 is 2.04 bits per heavy atom. The molecule has 9 heteroatoms. The maximum absolute atomic E-state index is 13.1. The zero-order valence-corrected chi connectivity index (χ0v) is 13.2. The van der Waals surface area contributed by atoms with Crippen molar-refractivity contribution in [1.29, 1.82) is 0 Å². The summed E-state index contributed by atoms with van der Waals surface area (Å²) in [7, 11) is 0. The highest BCUT2D eigenvalue weighted by Crippen LogP contribution is 2.34. The molecule has 8 nitrogen and oxygen atoms in total. The van der Waals surface area contributed by atoms with Crippen molar-refractivity contribution < 1.29 is 13.9 Å². The van der Waals surface area contributed by atoms with Crippen molar-refractivity contribution in [1.82, 2.24) is 24.7 Å². The molecule has 1 spiro atoms. The standard InChI is InChI=1S/C15H19FN6O2/c16-13-4-17-14(18-5-13)22-1-2-23-9-15(8-22)3-12(7-24-15)6-21-10-19-20-11-21/h4-5,10-12H,1-3,6-9H2/t12-,15-/m0/s1. The van der Waals surface area contributed by atoms with Crippen LogP contribution in [0.1, 0.15) is 6.42 Å². The van der Waals surface area contributed by atoms with Gasteiger partial charge in [0.25, 0.3) is 0 Å². The largest absolute Gasteiger partial charge is 0.377 e. The van der Waals surface area contributed by atoms with Gasteiger partial charge < -0.3 is 18.9 Å². The molecule has 0 aliphatic carbocycles. The maximum Gasteiger partial charge on any atom is 0.225 e. The van der Waals surface area contributed by atoms with Crippen LogP contribution in [0.25, 0.3) is 0 Å². The van der Waals surface area contributed by atoms with Crippen molar-refractivity contribution >= 4 is 5.95 Å². The monoisotopic (exact) mass is 334 g/mol. The number of nitrogens with zero attached hydrogens (tertiary/aromatic N) is 6. The van der Waals surface area contributed by atoms with Crippen LogP contribution in [0.2, 0.25) is 0 Å². The van der Waals surface area contributed by atoms with Crippen molar-refractivity contribution in [3.05, 3.63) is 30.9 Å². The zero-order valence-electron chi connectivity index (χ0n) is 13.2. The van der Waals surface area contributed by atoms with Crippen LogP contribution < -0.4 is 4.90 Å². The van der Waals surface area contributed by atoms with Gasteiger partial charge in [0.15, 0.2) is 5.82 Å². The quantitative estimate of drug-likeness (QED) is 0.810. The van der Waals surface area contributed by atoms with Gasteiger partial charge in [0, 0.05) is 19.0 Å². The van der Waals surface area contributed by atoms with Gasteiger partial charge >= 0.3 is 0 Å². The van der Waals surface area contributed by atoms with Gasteiger partial charge in [-0.15, -0.1) is 10.2 Å². The van der Waals surface area contributed by atoms with E-state index in [1.165, 1.54) is 12.4 Å². The number of hydrogen-bond acceptors (Lipinski definition) is 7. The lowest BCUT2D eigenvalue weighted by Gasteiger charge is -2.31. The average molecular weight is 334 g/mol. The van der Waals surface area contributed by atoms with E-state index in [-0.39, 0.29) is 5.60 Å². The van der Waals surface area contributed by atoms with Crippen LogP contribution in [-0.2, 0) is 16.0 Å². The minimum absolute atomic E-state index is 0.374. The molecular weight excluding hydrogens is 315 g/mol. The van der Waals surface area contributed by atoms with Crippen molar-refractivity contribution in [2.24, 2.45) is 5.92 Å². The molecule has 2 aliphatic heterocycles. The molecule has 0 bridgehead atoms. The molecule has 0 radical (unpaired) electrons. The third kappa shape index (κ3) is 3.22. The van der Waals surface area contributed by atoms with Gasteiger partial charge in [-0.05, 0) is 6.42 Å². The zero-order chi connectivity index (χ0) is 16.4. The Morgan fingerprint density at radius 3 is 2.83 bits per heavy atom. The number of anilines is 1. The first-order chi connectivity index (χ1) is 11.7. The first-order valence-electron chi connectivity index (χ1n) is 7.99. The first-order valence-corrected chi connectivity index (χ1v) is 7.99. The molecule has 2 aromatic heterocycles. The predicted molar refractivity (Wildman–Crippen MR) is 81.8 cm³/mol. The summed E-state index contributed by atoms with van der Waals surface area (Å²) < 4.78 is 26.9. The summed E-state index contributed by atoms with van der Waals surface area (Å²) in [5, 5.41) is 7.67. The normalized spacial score (nSPS) is 27.5. The lowest BCUT2D eigenvalue weighted by molar-refractivity contribution is -0.0458. The molecule has 0 saturated carbocycles. The van der Waals surface area contributed by atoms with Gasteiger partial charge in [0.05, 0.1) is 38.8 Å². The fourth-order valence-electron chi connectivity index (χ4n) is 3.43. The predicted octanol–water partition coefficient (Wildman–Crippen LogP) is 0.519. The molecule has 2 aliphatic rings. The summed E-state index contributed by atoms with van der Waals surface area (Å²) in [5.74, 6) is 0.441. The number of aromatic nitrogens is 5. The Morgan fingerprint density at radius 1 is 1.25 bits per heavy atom. The summed E-state index contributed by atoms with van der Waals surface area (Å²) in [6.07, 6.45) is 6.68. The number of hydrogen-bond donors (Lipinski definition) is 0. The number of ether oxygens (including phenoxy) is 2. The minimum atomic E-state index is -0.439. The van der Waals surface area contributed by atoms with Crippen LogP contribution in [0, 0.1) is 11.7 Å². The molecule has 24 heavy (non-hydrogen) atoms. The van der Waals surface area contributed by atoms with Gasteiger partial charge in [-0.3, -0.25) is 0 Å². The highest BCUT2D eigenvalue weighted by molar-refractivity contribution is 5.30. The lowest BCUT2D eigenvalue weighted by atomic mass is 9.94. The van der Waals surface area contributed by atoms with Crippen LogP contribution in [0.3, 0.4) is 0 Å². The van der Waals surface area contributed by atoms with Crippen LogP contribution in [-0.4, -0.2) is 63.2 Å². The second-order valence-corrected chi connectivity index (χ2v) is 6.40. The molecule has 2 aromatic rings. The van der Waals surface area contributed by atoms with Crippen molar-refractivity contribution in [2.45, 2.75) is 18.6 Å². The molecule has 0 unspecified atom stereocenters. The Labute approximate surface area is 138 Å². The highest BCUT2D eigenvalue weighted by atomic mass is 19.1.